The molecule has 0 aliphatic heterocycles. The summed E-state index contributed by atoms with van der Waals surface area (Å²) < 4.78 is 25.1. The summed E-state index contributed by atoms with van der Waals surface area (Å²) in [5.41, 5.74) is 2.14. The molecule has 0 aliphatic rings. The lowest BCUT2D eigenvalue weighted by molar-refractivity contribution is 0.542. The SMILES string of the molecule is CSc1ccccc1CC(C)(C)S(=O)(=O)c1ccc(C)cc1. The van der Waals surface area contributed by atoms with E-state index >= 15 is 0 Å². The smallest absolute Gasteiger partial charge is 0.183 e. The maximum Gasteiger partial charge on any atom is 0.183 e. The van der Waals surface area contributed by atoms with Gasteiger partial charge in [-0.3, -0.25) is 0 Å². The first-order valence-electron chi connectivity index (χ1n) is 7.21. The Morgan fingerprint density at radius 1 is 1.00 bits per heavy atom. The highest BCUT2D eigenvalue weighted by molar-refractivity contribution is 7.98. The molecule has 0 fully saturated rings. The van der Waals surface area contributed by atoms with Gasteiger partial charge in [-0.05, 0) is 57.2 Å². The van der Waals surface area contributed by atoms with E-state index in [1.807, 2.05) is 49.6 Å². The van der Waals surface area contributed by atoms with Crippen LogP contribution in [0.4, 0.5) is 0 Å². The molecule has 118 valence electrons. The van der Waals surface area contributed by atoms with E-state index < -0.39 is 14.6 Å². The molecule has 0 saturated heterocycles. The van der Waals surface area contributed by atoms with Gasteiger partial charge < -0.3 is 0 Å². The summed E-state index contributed by atoms with van der Waals surface area (Å²) in [5.74, 6) is 0. The third kappa shape index (κ3) is 3.39. The molecule has 0 spiro atoms. The van der Waals surface area contributed by atoms with Gasteiger partial charge in [-0.1, -0.05) is 35.9 Å². The molecule has 0 saturated carbocycles. The Hall–Kier alpha value is -1.26. The van der Waals surface area contributed by atoms with E-state index in [2.05, 4.69) is 0 Å². The van der Waals surface area contributed by atoms with Crippen molar-refractivity contribution in [2.45, 2.75) is 41.7 Å². The molecular weight excluding hydrogens is 312 g/mol. The largest absolute Gasteiger partial charge is 0.223 e. The highest BCUT2D eigenvalue weighted by atomic mass is 32.2. The Labute approximate surface area is 137 Å². The number of rotatable bonds is 5. The van der Waals surface area contributed by atoms with Gasteiger partial charge in [0.1, 0.15) is 0 Å². The topological polar surface area (TPSA) is 34.1 Å². The summed E-state index contributed by atoms with van der Waals surface area (Å²) in [6, 6.07) is 15.1. The predicted molar refractivity (Wildman–Crippen MR) is 94.4 cm³/mol. The molecule has 4 heteroatoms. The van der Waals surface area contributed by atoms with E-state index in [4.69, 9.17) is 0 Å². The highest BCUT2D eigenvalue weighted by Gasteiger charge is 2.36. The van der Waals surface area contributed by atoms with Gasteiger partial charge in [0.05, 0.1) is 9.64 Å². The first-order valence-corrected chi connectivity index (χ1v) is 9.92. The quantitative estimate of drug-likeness (QED) is 0.754. The van der Waals surface area contributed by atoms with Gasteiger partial charge >= 0.3 is 0 Å². The van der Waals surface area contributed by atoms with Crippen LogP contribution in [0, 0.1) is 6.92 Å². The average Bonchev–Trinajstić information content (AvgIpc) is 2.47. The van der Waals surface area contributed by atoms with Gasteiger partial charge in [0, 0.05) is 4.90 Å². The van der Waals surface area contributed by atoms with E-state index in [1.165, 1.54) is 0 Å². The minimum absolute atomic E-state index is 0.393. The number of benzene rings is 2. The van der Waals surface area contributed by atoms with Crippen LogP contribution in [-0.4, -0.2) is 19.4 Å². The molecule has 0 heterocycles. The lowest BCUT2D eigenvalue weighted by Gasteiger charge is -2.26. The van der Waals surface area contributed by atoms with Crippen LogP contribution < -0.4 is 0 Å². The van der Waals surface area contributed by atoms with Crippen LogP contribution in [0.1, 0.15) is 25.0 Å². The summed E-state index contributed by atoms with van der Waals surface area (Å²) in [7, 11) is -3.39. The van der Waals surface area contributed by atoms with Gasteiger partial charge in [-0.25, -0.2) is 8.42 Å². The first-order chi connectivity index (χ1) is 10.3. The second-order valence-electron chi connectivity index (χ2n) is 6.06. The van der Waals surface area contributed by atoms with Gasteiger partial charge in [0.25, 0.3) is 0 Å². The second kappa shape index (κ2) is 6.47. The van der Waals surface area contributed by atoms with Crippen molar-refractivity contribution in [3.8, 4) is 0 Å². The molecule has 0 amide bonds. The molecule has 0 N–H and O–H groups in total. The fraction of sp³-hybridized carbons (Fsp3) is 0.333. The maximum absolute atomic E-state index is 13.0. The molecule has 22 heavy (non-hydrogen) atoms. The second-order valence-corrected chi connectivity index (χ2v) is 9.50. The van der Waals surface area contributed by atoms with Gasteiger partial charge in [0.15, 0.2) is 9.84 Å². The lowest BCUT2D eigenvalue weighted by Crippen LogP contribution is -2.34. The minimum Gasteiger partial charge on any atom is -0.223 e. The lowest BCUT2D eigenvalue weighted by atomic mass is 10.0. The molecule has 0 aliphatic carbocycles. The van der Waals surface area contributed by atoms with Crippen molar-refractivity contribution in [3.05, 3.63) is 59.7 Å². The predicted octanol–water partition coefficient (Wildman–Crippen LogP) is 4.51. The molecule has 0 atom stereocenters. The fourth-order valence-corrected chi connectivity index (χ4v) is 4.53. The summed E-state index contributed by atoms with van der Waals surface area (Å²) >= 11 is 1.65. The van der Waals surface area contributed by atoms with Crippen molar-refractivity contribution in [3.63, 3.8) is 0 Å². The zero-order valence-corrected chi connectivity index (χ0v) is 15.1. The monoisotopic (exact) mass is 334 g/mol. The van der Waals surface area contributed by atoms with E-state index in [0.717, 1.165) is 16.0 Å². The maximum atomic E-state index is 13.0. The number of hydrogen-bond acceptors (Lipinski definition) is 3. The molecule has 0 aromatic heterocycles. The zero-order chi connectivity index (χ0) is 16.4. The molecule has 0 radical (unpaired) electrons. The molecule has 2 nitrogen and oxygen atoms in total. The van der Waals surface area contributed by atoms with Crippen LogP contribution in [0.2, 0.25) is 0 Å². The van der Waals surface area contributed by atoms with Crippen molar-refractivity contribution >= 4 is 21.6 Å². The van der Waals surface area contributed by atoms with E-state index in [9.17, 15) is 8.42 Å². The molecule has 0 bridgehead atoms. The van der Waals surface area contributed by atoms with Crippen LogP contribution in [0.15, 0.2) is 58.3 Å². The molecular formula is C18H22O2S2. The van der Waals surface area contributed by atoms with Crippen LogP contribution in [-0.2, 0) is 16.3 Å². The van der Waals surface area contributed by atoms with Crippen molar-refractivity contribution < 1.29 is 8.42 Å². The highest BCUT2D eigenvalue weighted by Crippen LogP contribution is 2.32. The third-order valence-electron chi connectivity index (χ3n) is 3.87. The Bertz CT molecular complexity index is 745. The van der Waals surface area contributed by atoms with Crippen molar-refractivity contribution in [2.75, 3.05) is 6.26 Å². The number of sulfone groups is 1. The van der Waals surface area contributed by atoms with Crippen LogP contribution in [0.5, 0.6) is 0 Å². The van der Waals surface area contributed by atoms with Gasteiger partial charge in [-0.15, -0.1) is 11.8 Å². The van der Waals surface area contributed by atoms with Crippen LogP contribution >= 0.6 is 11.8 Å². The summed E-state index contributed by atoms with van der Waals surface area (Å²) in [5, 5.41) is 0. The fourth-order valence-electron chi connectivity index (χ4n) is 2.44. The Morgan fingerprint density at radius 3 is 2.18 bits per heavy atom. The number of aryl methyl sites for hydroxylation is 1. The van der Waals surface area contributed by atoms with Crippen LogP contribution in [0.25, 0.3) is 0 Å². The number of thioether (sulfide) groups is 1. The van der Waals surface area contributed by atoms with Crippen molar-refractivity contribution in [1.29, 1.82) is 0 Å². The Morgan fingerprint density at radius 2 is 1.59 bits per heavy atom. The normalized spacial score (nSPS) is 12.4. The summed E-state index contributed by atoms with van der Waals surface area (Å²) in [6.07, 6.45) is 2.51. The van der Waals surface area contributed by atoms with E-state index in [1.54, 1.807) is 37.7 Å². The molecule has 2 rings (SSSR count). The Balaban J connectivity index is 2.38. The minimum atomic E-state index is -3.39. The zero-order valence-electron chi connectivity index (χ0n) is 13.5. The standard InChI is InChI=1S/C18H22O2S2/c1-14-9-11-16(12-10-14)22(19,20)18(2,3)13-15-7-5-6-8-17(15)21-4/h5-12H,13H2,1-4H3. The van der Waals surface area contributed by atoms with Crippen molar-refractivity contribution in [2.24, 2.45) is 0 Å². The van der Waals surface area contributed by atoms with Gasteiger partial charge in [-0.2, -0.15) is 0 Å². The van der Waals surface area contributed by atoms with E-state index in [-0.39, 0.29) is 0 Å². The third-order valence-corrected chi connectivity index (χ3v) is 7.20. The number of hydrogen-bond donors (Lipinski definition) is 0. The summed E-state index contributed by atoms with van der Waals surface area (Å²) in [6.45, 7) is 5.56. The molecule has 2 aromatic carbocycles. The Kier molecular flexibility index (Phi) is 5.03. The molecule has 0 unspecified atom stereocenters. The van der Waals surface area contributed by atoms with E-state index in [0.29, 0.717) is 11.3 Å². The average molecular weight is 335 g/mol. The van der Waals surface area contributed by atoms with Gasteiger partial charge in [0.2, 0.25) is 0 Å². The molecule has 2 aromatic rings. The first kappa shape index (κ1) is 17.1. The van der Waals surface area contributed by atoms with Crippen LogP contribution in [0.3, 0.4) is 0 Å². The summed E-state index contributed by atoms with van der Waals surface area (Å²) in [4.78, 5) is 1.53. The van der Waals surface area contributed by atoms with Crippen molar-refractivity contribution in [1.82, 2.24) is 0 Å².